The molecule has 3 N–H and O–H groups in total. The van der Waals surface area contributed by atoms with E-state index in [1.165, 1.54) is 25.1 Å². The highest BCUT2D eigenvalue weighted by atomic mass is 16.5. The van der Waals surface area contributed by atoms with Gasteiger partial charge in [0.15, 0.2) is 0 Å². The summed E-state index contributed by atoms with van der Waals surface area (Å²) in [6.45, 7) is 9.21. The van der Waals surface area contributed by atoms with Crippen molar-refractivity contribution in [3.8, 4) is 5.75 Å². The Morgan fingerprint density at radius 1 is 1.02 bits per heavy atom. The van der Waals surface area contributed by atoms with Crippen LogP contribution in [0.1, 0.15) is 46.6 Å². The number of carbonyl (C=O) groups excluding carboxylic acids is 1. The number of methoxy groups -OCH3 is 1. The van der Waals surface area contributed by atoms with Gasteiger partial charge in [0, 0.05) is 41.9 Å². The molecule has 42 heavy (non-hydrogen) atoms. The molecule has 3 aromatic rings. The van der Waals surface area contributed by atoms with Crippen molar-refractivity contribution in [2.24, 2.45) is 10.9 Å². The van der Waals surface area contributed by atoms with E-state index in [4.69, 9.17) is 14.7 Å². The van der Waals surface area contributed by atoms with E-state index >= 15 is 0 Å². The molecule has 9 heteroatoms. The summed E-state index contributed by atoms with van der Waals surface area (Å²) in [6.07, 6.45) is 8.08. The van der Waals surface area contributed by atoms with Crippen LogP contribution in [-0.2, 0) is 11.2 Å². The van der Waals surface area contributed by atoms with Gasteiger partial charge in [-0.25, -0.2) is 9.98 Å². The minimum Gasteiger partial charge on any atom is -0.497 e. The quantitative estimate of drug-likeness (QED) is 0.299. The molecule has 2 aliphatic carbocycles. The molecule has 1 spiro atoms. The Hall–Kier alpha value is -4.66. The molecular formula is C33H41N7O2. The van der Waals surface area contributed by atoms with Crippen LogP contribution in [0.15, 0.2) is 89.3 Å². The lowest BCUT2D eigenvalue weighted by atomic mass is 10.0. The smallest absolute Gasteiger partial charge is 0.229 e. The van der Waals surface area contributed by atoms with Gasteiger partial charge in [-0.3, -0.25) is 0 Å². The fraction of sp³-hybridized carbons (Fsp3) is 0.333. The molecule has 1 fully saturated rings. The van der Waals surface area contributed by atoms with E-state index in [9.17, 15) is 4.79 Å². The van der Waals surface area contributed by atoms with Gasteiger partial charge < -0.3 is 30.4 Å². The molecule has 0 bridgehead atoms. The zero-order valence-corrected chi connectivity index (χ0v) is 25.5. The Morgan fingerprint density at radius 2 is 1.67 bits per heavy atom. The number of aryl methyl sites for hydroxylation is 1. The molecule has 1 aliphatic heterocycles. The molecule has 220 valence electrons. The van der Waals surface area contributed by atoms with E-state index in [0.29, 0.717) is 11.9 Å². The molecule has 2 atom stereocenters. The summed E-state index contributed by atoms with van der Waals surface area (Å²) in [4.78, 5) is 25.8. The average Bonchev–Trinajstić information content (AvgIpc) is 3.63. The van der Waals surface area contributed by atoms with Crippen LogP contribution in [0.3, 0.4) is 0 Å². The number of benzene rings is 2. The number of carbonyl (C=O) groups is 1. The van der Waals surface area contributed by atoms with Crippen molar-refractivity contribution in [2.45, 2.75) is 53.0 Å². The van der Waals surface area contributed by atoms with Gasteiger partial charge in [0.05, 0.1) is 7.11 Å². The lowest BCUT2D eigenvalue weighted by Crippen LogP contribution is -2.29. The van der Waals surface area contributed by atoms with Crippen molar-refractivity contribution in [1.82, 2.24) is 15.3 Å². The number of aromatic nitrogens is 2. The first-order chi connectivity index (χ1) is 20.3. The topological polar surface area (TPSA) is 104 Å². The maximum atomic E-state index is 9.44. The van der Waals surface area contributed by atoms with Crippen LogP contribution < -0.4 is 25.6 Å². The van der Waals surface area contributed by atoms with Gasteiger partial charge in [-0.15, -0.1) is 0 Å². The zero-order chi connectivity index (χ0) is 30.3. The SMILES string of the molecule is CC.CC(C)=O.CCc1ccc(Nc2nccc(N(C)C3=CC=C4NC(Nc5ccc(OC)cc5)=NC45CC35)n2)cc1. The van der Waals surface area contributed by atoms with Crippen LogP contribution in [0.2, 0.25) is 0 Å². The summed E-state index contributed by atoms with van der Waals surface area (Å²) >= 11 is 0. The third-order valence-corrected chi connectivity index (χ3v) is 7.08. The predicted octanol–water partition coefficient (Wildman–Crippen LogP) is 6.46. The first-order valence-electron chi connectivity index (χ1n) is 14.4. The van der Waals surface area contributed by atoms with E-state index in [1.807, 2.05) is 44.2 Å². The van der Waals surface area contributed by atoms with Crippen LogP contribution >= 0.6 is 0 Å². The second kappa shape index (κ2) is 13.3. The predicted molar refractivity (Wildman–Crippen MR) is 171 cm³/mol. The van der Waals surface area contributed by atoms with Gasteiger partial charge in [0.25, 0.3) is 0 Å². The number of anilines is 4. The molecule has 1 aromatic heterocycles. The normalized spacial score (nSPS) is 18.9. The van der Waals surface area contributed by atoms with E-state index in [-0.39, 0.29) is 11.3 Å². The first-order valence-corrected chi connectivity index (χ1v) is 14.4. The number of rotatable bonds is 7. The summed E-state index contributed by atoms with van der Waals surface area (Å²) in [7, 11) is 3.72. The van der Waals surface area contributed by atoms with Crippen molar-refractivity contribution < 1.29 is 9.53 Å². The lowest BCUT2D eigenvalue weighted by molar-refractivity contribution is -0.114. The molecule has 9 nitrogen and oxygen atoms in total. The number of ether oxygens (including phenoxy) is 1. The number of allylic oxidation sites excluding steroid dienone is 2. The summed E-state index contributed by atoms with van der Waals surface area (Å²) < 4.78 is 5.25. The Bertz CT molecular complexity index is 1470. The number of aliphatic imine (C=N–C) groups is 1. The third-order valence-electron chi connectivity index (χ3n) is 7.08. The van der Waals surface area contributed by atoms with E-state index in [0.717, 1.165) is 47.4 Å². The lowest BCUT2D eigenvalue weighted by Gasteiger charge is -2.25. The highest BCUT2D eigenvalue weighted by Gasteiger charge is 2.63. The average molecular weight is 568 g/mol. The van der Waals surface area contributed by atoms with Crippen molar-refractivity contribution in [1.29, 1.82) is 0 Å². The Balaban J connectivity index is 0.000000624. The molecule has 6 rings (SSSR count). The van der Waals surface area contributed by atoms with E-state index in [2.05, 4.69) is 76.2 Å². The minimum absolute atomic E-state index is 0.167. The molecule has 2 unspecified atom stereocenters. The summed E-state index contributed by atoms with van der Waals surface area (Å²) in [5, 5.41) is 10.2. The largest absolute Gasteiger partial charge is 0.497 e. The van der Waals surface area contributed by atoms with Gasteiger partial charge in [-0.1, -0.05) is 32.9 Å². The van der Waals surface area contributed by atoms with E-state index in [1.54, 1.807) is 13.3 Å². The van der Waals surface area contributed by atoms with Gasteiger partial charge in [-0.05, 0) is 86.9 Å². The summed E-state index contributed by atoms with van der Waals surface area (Å²) in [6, 6.07) is 18.1. The van der Waals surface area contributed by atoms with Crippen molar-refractivity contribution >= 4 is 34.9 Å². The van der Waals surface area contributed by atoms with E-state index < -0.39 is 0 Å². The van der Waals surface area contributed by atoms with Crippen LogP contribution in [0.4, 0.5) is 23.1 Å². The molecule has 0 radical (unpaired) electrons. The molecular weight excluding hydrogens is 526 g/mol. The van der Waals surface area contributed by atoms with Crippen molar-refractivity contribution in [3.05, 3.63) is 89.9 Å². The number of nitrogens with zero attached hydrogens (tertiary/aromatic N) is 4. The van der Waals surface area contributed by atoms with Gasteiger partial charge in [0.1, 0.15) is 22.9 Å². The van der Waals surface area contributed by atoms with Crippen molar-refractivity contribution in [2.75, 3.05) is 29.7 Å². The number of Topliss-reactive ketones (excluding diaryl/α,β-unsaturated/α-hetero) is 1. The fourth-order valence-corrected chi connectivity index (χ4v) is 4.91. The Kier molecular flexibility index (Phi) is 9.62. The number of hydrogen-bond donors (Lipinski definition) is 3. The molecule has 2 heterocycles. The number of hydrogen-bond acceptors (Lipinski definition) is 9. The molecule has 0 amide bonds. The molecule has 1 saturated carbocycles. The number of ketones is 1. The second-order valence-corrected chi connectivity index (χ2v) is 10.2. The van der Waals surface area contributed by atoms with Gasteiger partial charge in [0.2, 0.25) is 11.9 Å². The standard InChI is InChI=1S/C28H29N7O.C3H6O.C2H6/c1-4-18-5-7-19(8-6-18)30-26-29-16-15-25(33-26)35(2)23-13-14-24-28(17-22(23)28)34-27(32-24)31-20-9-11-21(36-3)12-10-20;1-3(2)4;1-2/h5-16,22H,4,17H2,1-3H3,(H,29,30,33)(H2,31,32,34);1-2H3;1-2H3. The van der Waals surface area contributed by atoms with Crippen LogP contribution in [-0.4, -0.2) is 41.4 Å². The van der Waals surface area contributed by atoms with Gasteiger partial charge >= 0.3 is 0 Å². The van der Waals surface area contributed by atoms with Crippen LogP contribution in [0.25, 0.3) is 0 Å². The Morgan fingerprint density at radius 3 is 2.31 bits per heavy atom. The van der Waals surface area contributed by atoms with Gasteiger partial charge in [-0.2, -0.15) is 4.98 Å². The van der Waals surface area contributed by atoms with Crippen molar-refractivity contribution in [3.63, 3.8) is 0 Å². The number of nitrogens with one attached hydrogen (secondary N) is 3. The highest BCUT2D eigenvalue weighted by molar-refractivity contribution is 5.98. The maximum Gasteiger partial charge on any atom is 0.229 e. The molecule has 2 aromatic carbocycles. The first kappa shape index (κ1) is 30.3. The summed E-state index contributed by atoms with van der Waals surface area (Å²) in [5.74, 6) is 3.49. The third kappa shape index (κ3) is 6.79. The van der Waals surface area contributed by atoms with Crippen LogP contribution in [0, 0.1) is 5.92 Å². The zero-order valence-electron chi connectivity index (χ0n) is 25.5. The fourth-order valence-electron chi connectivity index (χ4n) is 4.91. The number of guanidine groups is 1. The summed E-state index contributed by atoms with van der Waals surface area (Å²) in [5.41, 5.74) is 5.36. The monoisotopic (exact) mass is 567 g/mol. The minimum atomic E-state index is -0.220. The highest BCUT2D eigenvalue weighted by Crippen LogP contribution is 2.59. The molecule has 3 aliphatic rings. The second-order valence-electron chi connectivity index (χ2n) is 10.2. The Labute approximate surface area is 248 Å². The van der Waals surface area contributed by atoms with Crippen LogP contribution in [0.5, 0.6) is 5.75 Å². The maximum absolute atomic E-state index is 9.44. The molecule has 0 saturated heterocycles.